The third kappa shape index (κ3) is 1.46. The van der Waals surface area contributed by atoms with Gasteiger partial charge in [-0.3, -0.25) is 0 Å². The molecular formula is C6H11BrO. The van der Waals surface area contributed by atoms with Crippen molar-refractivity contribution in [3.05, 3.63) is 0 Å². The number of hydrogen-bond donors (Lipinski definition) is 0. The zero-order valence-electron chi connectivity index (χ0n) is 5.06. The van der Waals surface area contributed by atoms with Crippen LogP contribution in [0, 0.1) is 0 Å². The zero-order valence-corrected chi connectivity index (χ0v) is 6.65. The van der Waals surface area contributed by atoms with E-state index in [1.165, 1.54) is 12.8 Å². The number of ether oxygens (including phenoxy) is 1. The molecule has 0 N–H and O–H groups in total. The summed E-state index contributed by atoms with van der Waals surface area (Å²) in [6.07, 6.45) is 3.60. The molecule has 8 heavy (non-hydrogen) atoms. The van der Waals surface area contributed by atoms with Crippen LogP contribution in [0.2, 0.25) is 0 Å². The maximum atomic E-state index is 5.26. The van der Waals surface area contributed by atoms with Gasteiger partial charge >= 0.3 is 0 Å². The number of halogens is 1. The van der Waals surface area contributed by atoms with Crippen molar-refractivity contribution in [1.29, 1.82) is 0 Å². The smallest absolute Gasteiger partial charge is 0.0938 e. The summed E-state index contributed by atoms with van der Waals surface area (Å²) >= 11 is 3.36. The molecule has 48 valence electrons. The molecule has 2 heteroatoms. The van der Waals surface area contributed by atoms with Gasteiger partial charge in [0.15, 0.2) is 0 Å². The molecule has 1 aliphatic rings. The van der Waals surface area contributed by atoms with E-state index in [1.807, 2.05) is 0 Å². The van der Waals surface area contributed by atoms with E-state index in [1.54, 1.807) is 0 Å². The highest BCUT2D eigenvalue weighted by Gasteiger charge is 2.36. The van der Waals surface area contributed by atoms with Gasteiger partial charge in [0.25, 0.3) is 0 Å². The molecule has 0 radical (unpaired) electrons. The number of rotatable bonds is 3. The van der Waals surface area contributed by atoms with E-state index in [0.29, 0.717) is 12.2 Å². The summed E-state index contributed by atoms with van der Waals surface area (Å²) in [5.74, 6) is 0. The fourth-order valence-corrected chi connectivity index (χ4v) is 1.42. The predicted molar refractivity (Wildman–Crippen MR) is 37.4 cm³/mol. The fourth-order valence-electron chi connectivity index (χ4n) is 0.853. The monoisotopic (exact) mass is 178 g/mol. The Morgan fingerprint density at radius 3 is 2.62 bits per heavy atom. The second kappa shape index (κ2) is 2.83. The lowest BCUT2D eigenvalue weighted by atomic mass is 10.2. The van der Waals surface area contributed by atoms with Crippen molar-refractivity contribution in [2.45, 2.75) is 32.0 Å². The summed E-state index contributed by atoms with van der Waals surface area (Å²) in [6, 6.07) is 0. The lowest BCUT2D eigenvalue weighted by molar-refractivity contribution is 0.371. The molecule has 0 aliphatic carbocycles. The lowest BCUT2D eigenvalue weighted by Crippen LogP contribution is -1.92. The molecule has 1 saturated heterocycles. The van der Waals surface area contributed by atoms with Gasteiger partial charge in [-0.25, -0.2) is 0 Å². The molecule has 1 aliphatic heterocycles. The Morgan fingerprint density at radius 1 is 1.50 bits per heavy atom. The minimum absolute atomic E-state index is 0.537. The Hall–Kier alpha value is 0.440. The molecule has 0 saturated carbocycles. The Labute approximate surface area is 58.5 Å². The van der Waals surface area contributed by atoms with Gasteiger partial charge < -0.3 is 4.74 Å². The van der Waals surface area contributed by atoms with Gasteiger partial charge in [-0.2, -0.15) is 0 Å². The third-order valence-corrected chi connectivity index (χ3v) is 2.05. The van der Waals surface area contributed by atoms with Gasteiger partial charge in [0.1, 0.15) is 0 Å². The summed E-state index contributed by atoms with van der Waals surface area (Å²) in [4.78, 5) is 0. The minimum Gasteiger partial charge on any atom is -0.369 e. The molecule has 0 aromatic heterocycles. The van der Waals surface area contributed by atoms with Crippen molar-refractivity contribution in [1.82, 2.24) is 0 Å². The maximum Gasteiger partial charge on any atom is 0.0938 e. The highest BCUT2D eigenvalue weighted by atomic mass is 79.9. The molecule has 0 unspecified atom stereocenters. The Kier molecular flexibility index (Phi) is 2.32. The van der Waals surface area contributed by atoms with Crippen molar-refractivity contribution in [3.8, 4) is 0 Å². The minimum atomic E-state index is 0.537. The topological polar surface area (TPSA) is 12.5 Å². The van der Waals surface area contributed by atoms with Gasteiger partial charge in [0, 0.05) is 5.33 Å². The molecule has 0 spiro atoms. The van der Waals surface area contributed by atoms with Crippen LogP contribution in [0.3, 0.4) is 0 Å². The molecule has 0 amide bonds. The lowest BCUT2D eigenvalue weighted by Gasteiger charge is -1.83. The number of hydrogen-bond acceptors (Lipinski definition) is 1. The molecule has 0 bridgehead atoms. The third-order valence-electron chi connectivity index (χ3n) is 1.41. The molecule has 1 heterocycles. The molecule has 0 aromatic rings. The van der Waals surface area contributed by atoms with E-state index < -0.39 is 0 Å². The molecule has 2 atom stereocenters. The highest BCUT2D eigenvalue weighted by molar-refractivity contribution is 9.09. The summed E-state index contributed by atoms with van der Waals surface area (Å²) in [5.41, 5.74) is 0. The Morgan fingerprint density at radius 2 is 2.25 bits per heavy atom. The van der Waals surface area contributed by atoms with Crippen molar-refractivity contribution >= 4 is 15.9 Å². The van der Waals surface area contributed by atoms with E-state index in [4.69, 9.17) is 4.74 Å². The standard InChI is InChI=1S/C6H11BrO/c1-2-3-5-6(4-7)8-5/h5-6H,2-4H2,1H3/t5-,6-/m0/s1. The van der Waals surface area contributed by atoms with Crippen LogP contribution >= 0.6 is 15.9 Å². The van der Waals surface area contributed by atoms with E-state index in [0.717, 1.165) is 5.33 Å². The average Bonchev–Trinajstić information content (AvgIpc) is 2.48. The second-order valence-electron chi connectivity index (χ2n) is 2.16. The Bertz CT molecular complexity index is 74.9. The van der Waals surface area contributed by atoms with Crippen molar-refractivity contribution in [2.24, 2.45) is 0 Å². The first-order valence-electron chi connectivity index (χ1n) is 3.10. The van der Waals surface area contributed by atoms with Gasteiger partial charge in [-0.15, -0.1) is 0 Å². The average molecular weight is 179 g/mol. The first kappa shape index (κ1) is 6.56. The highest BCUT2D eigenvalue weighted by Crippen LogP contribution is 2.27. The largest absolute Gasteiger partial charge is 0.369 e. The Balaban J connectivity index is 1.99. The van der Waals surface area contributed by atoms with Crippen molar-refractivity contribution < 1.29 is 4.74 Å². The molecule has 1 rings (SSSR count). The molecule has 1 fully saturated rings. The summed E-state index contributed by atoms with van der Waals surface area (Å²) in [5, 5.41) is 1.01. The summed E-state index contributed by atoms with van der Waals surface area (Å²) < 4.78 is 5.26. The van der Waals surface area contributed by atoms with Crippen molar-refractivity contribution in [2.75, 3.05) is 5.33 Å². The SMILES string of the molecule is CCC[C@@H]1O[C@H]1CBr. The van der Waals surface area contributed by atoms with E-state index in [-0.39, 0.29) is 0 Å². The normalized spacial score (nSPS) is 35.2. The van der Waals surface area contributed by atoms with Crippen LogP contribution in [0.15, 0.2) is 0 Å². The van der Waals surface area contributed by atoms with Crippen LogP contribution in [0.25, 0.3) is 0 Å². The van der Waals surface area contributed by atoms with Crippen LogP contribution in [0.5, 0.6) is 0 Å². The number of alkyl halides is 1. The van der Waals surface area contributed by atoms with Gasteiger partial charge in [-0.05, 0) is 6.42 Å². The predicted octanol–water partition coefficient (Wildman–Crippen LogP) is 1.95. The van der Waals surface area contributed by atoms with Gasteiger partial charge in [-0.1, -0.05) is 29.3 Å². The van der Waals surface area contributed by atoms with Crippen LogP contribution in [-0.2, 0) is 4.74 Å². The van der Waals surface area contributed by atoms with Crippen LogP contribution in [-0.4, -0.2) is 17.5 Å². The van der Waals surface area contributed by atoms with Crippen LogP contribution in [0.4, 0.5) is 0 Å². The van der Waals surface area contributed by atoms with Gasteiger partial charge in [0.05, 0.1) is 12.2 Å². The maximum absolute atomic E-state index is 5.26. The van der Waals surface area contributed by atoms with Gasteiger partial charge in [0.2, 0.25) is 0 Å². The van der Waals surface area contributed by atoms with Crippen LogP contribution in [0.1, 0.15) is 19.8 Å². The fraction of sp³-hybridized carbons (Fsp3) is 1.00. The first-order chi connectivity index (χ1) is 3.88. The first-order valence-corrected chi connectivity index (χ1v) is 4.22. The summed E-state index contributed by atoms with van der Waals surface area (Å²) in [6.45, 7) is 2.19. The zero-order chi connectivity index (χ0) is 5.98. The van der Waals surface area contributed by atoms with E-state index in [9.17, 15) is 0 Å². The van der Waals surface area contributed by atoms with E-state index in [2.05, 4.69) is 22.9 Å². The quantitative estimate of drug-likeness (QED) is 0.476. The van der Waals surface area contributed by atoms with E-state index >= 15 is 0 Å². The molecular weight excluding hydrogens is 168 g/mol. The second-order valence-corrected chi connectivity index (χ2v) is 2.80. The number of epoxide rings is 1. The molecule has 1 nitrogen and oxygen atoms in total. The van der Waals surface area contributed by atoms with Crippen molar-refractivity contribution in [3.63, 3.8) is 0 Å². The van der Waals surface area contributed by atoms with Crippen LogP contribution < -0.4 is 0 Å². The molecule has 0 aromatic carbocycles. The summed E-state index contributed by atoms with van der Waals surface area (Å²) in [7, 11) is 0.